The number of halogens is 1. The van der Waals surface area contributed by atoms with Gasteiger partial charge in [-0.1, -0.05) is 6.92 Å². The van der Waals surface area contributed by atoms with Gasteiger partial charge in [0.05, 0.1) is 22.8 Å². The molecule has 0 saturated carbocycles. The van der Waals surface area contributed by atoms with Gasteiger partial charge in [-0.3, -0.25) is 4.79 Å². The maximum atomic E-state index is 15.0. The summed E-state index contributed by atoms with van der Waals surface area (Å²) < 4.78 is 17.3. The summed E-state index contributed by atoms with van der Waals surface area (Å²) in [5.74, 6) is 1.24. The van der Waals surface area contributed by atoms with Crippen LogP contribution in [-0.2, 0) is 12.0 Å². The van der Waals surface area contributed by atoms with Crippen LogP contribution in [0.4, 0.5) is 16.2 Å². The number of rotatable bonds is 5. The Hall–Kier alpha value is -3.92. The number of hydrogen-bond acceptors (Lipinski definition) is 7. The van der Waals surface area contributed by atoms with Crippen LogP contribution in [0.5, 0.6) is 0 Å². The molecule has 0 bridgehead atoms. The molecule has 202 valence electrons. The van der Waals surface area contributed by atoms with Gasteiger partial charge in [0, 0.05) is 49.9 Å². The molecule has 0 unspecified atom stereocenters. The van der Waals surface area contributed by atoms with Crippen LogP contribution >= 0.6 is 0 Å². The third kappa shape index (κ3) is 4.63. The monoisotopic (exact) mass is 528 g/mol. The first kappa shape index (κ1) is 25.4. The van der Waals surface area contributed by atoms with Crippen molar-refractivity contribution < 1.29 is 9.18 Å². The summed E-state index contributed by atoms with van der Waals surface area (Å²) >= 11 is 0. The van der Waals surface area contributed by atoms with E-state index in [1.54, 1.807) is 18.3 Å². The fraction of sp³-hybridized carbons (Fsp3) is 0.414. The van der Waals surface area contributed by atoms with Crippen LogP contribution in [0.1, 0.15) is 48.9 Å². The molecule has 1 aromatic carbocycles. The van der Waals surface area contributed by atoms with Crippen LogP contribution in [0.15, 0.2) is 36.7 Å². The smallest absolute Gasteiger partial charge is 0.255 e. The molecule has 1 saturated heterocycles. The van der Waals surface area contributed by atoms with Crippen LogP contribution in [0.25, 0.3) is 22.3 Å². The number of nitrogens with one attached hydrogen (secondary N) is 1. The summed E-state index contributed by atoms with van der Waals surface area (Å²) in [5.41, 5.74) is 4.28. The van der Waals surface area contributed by atoms with E-state index in [9.17, 15) is 4.79 Å². The van der Waals surface area contributed by atoms with E-state index in [0.29, 0.717) is 30.0 Å². The number of nitrogens with zero attached hydrogens (tertiary/aromatic N) is 7. The van der Waals surface area contributed by atoms with Crippen LogP contribution in [-0.4, -0.2) is 72.9 Å². The van der Waals surface area contributed by atoms with Crippen molar-refractivity contribution in [1.29, 1.82) is 0 Å². The van der Waals surface area contributed by atoms with E-state index in [2.05, 4.69) is 50.5 Å². The second kappa shape index (κ2) is 9.68. The fourth-order valence-electron chi connectivity index (χ4n) is 5.69. The molecule has 4 aromatic rings. The predicted octanol–water partition coefficient (Wildman–Crippen LogP) is 4.54. The highest BCUT2D eigenvalue weighted by Gasteiger charge is 2.32. The molecule has 1 amide bonds. The zero-order chi connectivity index (χ0) is 27.3. The molecule has 6 rings (SSSR count). The van der Waals surface area contributed by atoms with Crippen molar-refractivity contribution in [3.8, 4) is 11.3 Å². The molecular weight excluding hydrogens is 495 g/mol. The van der Waals surface area contributed by atoms with E-state index in [1.807, 2.05) is 24.0 Å². The molecule has 1 fully saturated rings. The number of aryl methyl sites for hydroxylation is 2. The molecule has 5 heterocycles. The maximum Gasteiger partial charge on any atom is 0.255 e. The molecule has 10 heteroatoms. The number of imidazole rings is 1. The topological polar surface area (TPSA) is 92.1 Å². The van der Waals surface area contributed by atoms with E-state index >= 15 is 4.39 Å². The summed E-state index contributed by atoms with van der Waals surface area (Å²) in [5, 5.41) is 3.05. The van der Waals surface area contributed by atoms with E-state index in [4.69, 9.17) is 4.98 Å². The lowest BCUT2D eigenvalue weighted by molar-refractivity contribution is 0.0643. The maximum absolute atomic E-state index is 15.0. The summed E-state index contributed by atoms with van der Waals surface area (Å²) in [6.07, 6.45) is 4.68. The molecule has 2 aliphatic heterocycles. The molecular formula is C29H33FN8O. The van der Waals surface area contributed by atoms with E-state index in [1.165, 1.54) is 6.20 Å². The first-order valence-corrected chi connectivity index (χ1v) is 13.5. The number of pyridine rings is 1. The number of carbonyl (C=O) groups is 1. The fourth-order valence-corrected chi connectivity index (χ4v) is 5.69. The molecule has 0 radical (unpaired) electrons. The van der Waals surface area contributed by atoms with Crippen LogP contribution < -0.4 is 5.32 Å². The number of amides is 1. The normalized spacial score (nSPS) is 17.0. The number of anilines is 2. The van der Waals surface area contributed by atoms with Gasteiger partial charge in [0.25, 0.3) is 5.91 Å². The van der Waals surface area contributed by atoms with Crippen molar-refractivity contribution in [2.75, 3.05) is 38.0 Å². The van der Waals surface area contributed by atoms with Gasteiger partial charge >= 0.3 is 0 Å². The summed E-state index contributed by atoms with van der Waals surface area (Å²) in [4.78, 5) is 35.0. The number of aromatic nitrogens is 5. The molecule has 0 aliphatic carbocycles. The largest absolute Gasteiger partial charge is 0.336 e. The standard InChI is InChI=1S/C29H33FN8O/c1-5-36-10-12-37(13-11-36)27(39)19-6-7-23(31-16-19)33-28-32-17-21(30)26(35-28)20-14-18(2)25-22(15-20)38-24(34-25)8-9-29(38,3)4/h6-7,14-17H,5,8-13H2,1-4H3,(H,31,32,33,35). The minimum Gasteiger partial charge on any atom is -0.336 e. The van der Waals surface area contributed by atoms with Crippen molar-refractivity contribution in [2.45, 2.75) is 46.1 Å². The third-order valence-corrected chi connectivity index (χ3v) is 7.96. The van der Waals surface area contributed by atoms with Gasteiger partial charge in [0.2, 0.25) is 5.95 Å². The number of likely N-dealkylation sites (N-methyl/N-ethyl adjacent to an activating group) is 1. The average molecular weight is 529 g/mol. The number of hydrogen-bond donors (Lipinski definition) is 1. The first-order chi connectivity index (χ1) is 18.7. The Labute approximate surface area is 227 Å². The van der Waals surface area contributed by atoms with Gasteiger partial charge in [-0.05, 0) is 63.6 Å². The van der Waals surface area contributed by atoms with E-state index in [-0.39, 0.29) is 23.1 Å². The SMILES string of the molecule is CCN1CCN(C(=O)c2ccc(Nc3ncc(F)c(-c4cc(C)c5nc6n(c5c4)C(C)(C)CC6)n3)nc2)CC1. The highest BCUT2D eigenvalue weighted by atomic mass is 19.1. The second-order valence-electron chi connectivity index (χ2n) is 11.0. The molecule has 1 N–H and O–H groups in total. The van der Waals surface area contributed by atoms with Crippen LogP contribution in [0.3, 0.4) is 0 Å². The van der Waals surface area contributed by atoms with Crippen molar-refractivity contribution in [3.05, 3.63) is 59.4 Å². The highest BCUT2D eigenvalue weighted by Crippen LogP contribution is 2.38. The number of fused-ring (bicyclic) bond motifs is 3. The predicted molar refractivity (Wildman–Crippen MR) is 149 cm³/mol. The number of piperazine rings is 1. The number of carbonyl (C=O) groups excluding carboxylic acids is 1. The summed E-state index contributed by atoms with van der Waals surface area (Å²) in [6, 6.07) is 7.36. The molecule has 3 aromatic heterocycles. The Morgan fingerprint density at radius 3 is 2.59 bits per heavy atom. The third-order valence-electron chi connectivity index (χ3n) is 7.96. The lowest BCUT2D eigenvalue weighted by Gasteiger charge is -2.34. The minimum absolute atomic E-state index is 0.0228. The highest BCUT2D eigenvalue weighted by molar-refractivity contribution is 5.94. The Kier molecular flexibility index (Phi) is 6.29. The zero-order valence-corrected chi connectivity index (χ0v) is 22.8. The summed E-state index contributed by atoms with van der Waals surface area (Å²) in [6.45, 7) is 12.7. The van der Waals surface area contributed by atoms with E-state index < -0.39 is 5.82 Å². The Morgan fingerprint density at radius 1 is 1.08 bits per heavy atom. The van der Waals surface area contributed by atoms with Gasteiger partial charge < -0.3 is 19.7 Å². The minimum atomic E-state index is -0.503. The molecule has 39 heavy (non-hydrogen) atoms. The summed E-state index contributed by atoms with van der Waals surface area (Å²) in [7, 11) is 0. The number of benzene rings is 1. The average Bonchev–Trinajstić information content (AvgIpc) is 3.47. The zero-order valence-electron chi connectivity index (χ0n) is 22.8. The van der Waals surface area contributed by atoms with Crippen molar-refractivity contribution in [2.24, 2.45) is 0 Å². The molecule has 9 nitrogen and oxygen atoms in total. The first-order valence-electron chi connectivity index (χ1n) is 13.5. The quantitative estimate of drug-likeness (QED) is 0.407. The Bertz CT molecular complexity index is 1550. The van der Waals surface area contributed by atoms with Crippen LogP contribution in [0.2, 0.25) is 0 Å². The van der Waals surface area contributed by atoms with Crippen molar-refractivity contribution in [1.82, 2.24) is 34.3 Å². The molecule has 2 aliphatic rings. The van der Waals surface area contributed by atoms with Crippen molar-refractivity contribution in [3.63, 3.8) is 0 Å². The lowest BCUT2D eigenvalue weighted by atomic mass is 10.0. The molecule has 0 atom stereocenters. The van der Waals surface area contributed by atoms with E-state index in [0.717, 1.165) is 54.9 Å². The second-order valence-corrected chi connectivity index (χ2v) is 11.0. The Balaban J connectivity index is 1.24. The van der Waals surface area contributed by atoms with Gasteiger partial charge in [-0.15, -0.1) is 0 Å². The van der Waals surface area contributed by atoms with Gasteiger partial charge in [0.1, 0.15) is 17.3 Å². The van der Waals surface area contributed by atoms with Gasteiger partial charge in [-0.2, -0.15) is 0 Å². The van der Waals surface area contributed by atoms with Crippen LogP contribution in [0, 0.1) is 12.7 Å². The lowest BCUT2D eigenvalue weighted by Crippen LogP contribution is -2.48. The van der Waals surface area contributed by atoms with Gasteiger partial charge in [0.15, 0.2) is 5.82 Å². The van der Waals surface area contributed by atoms with Gasteiger partial charge in [-0.25, -0.2) is 24.3 Å². The molecule has 0 spiro atoms. The Morgan fingerprint density at radius 2 is 1.87 bits per heavy atom. The van der Waals surface area contributed by atoms with Crippen molar-refractivity contribution >= 4 is 28.7 Å².